The number of nitrogens with one attached hydrogen (secondary N) is 1. The highest BCUT2D eigenvalue weighted by Gasteiger charge is 2.55. The number of hydrogen-bond donors (Lipinski definition) is 2. The molecule has 0 unspecified atom stereocenters. The number of ether oxygens (including phenoxy) is 1. The van der Waals surface area contributed by atoms with E-state index in [-0.39, 0.29) is 18.0 Å². The van der Waals surface area contributed by atoms with Crippen LogP contribution in [-0.2, 0) is 27.2 Å². The maximum absolute atomic E-state index is 12.9. The highest BCUT2D eigenvalue weighted by atomic mass is 32.1. The van der Waals surface area contributed by atoms with Gasteiger partial charge < -0.3 is 15.8 Å². The number of primary amides is 1. The van der Waals surface area contributed by atoms with Crippen molar-refractivity contribution in [1.29, 1.82) is 0 Å². The van der Waals surface area contributed by atoms with Gasteiger partial charge in [-0.2, -0.15) is 0 Å². The van der Waals surface area contributed by atoms with Crippen molar-refractivity contribution in [3.63, 3.8) is 0 Å². The molecular formula is C21H26N2O4S. The molecule has 0 spiro atoms. The normalized spacial score (nSPS) is 32.2. The topological polar surface area (TPSA) is 98.5 Å². The zero-order valence-corrected chi connectivity index (χ0v) is 16.7. The smallest absolute Gasteiger partial charge is 0.312 e. The summed E-state index contributed by atoms with van der Waals surface area (Å²) in [4.78, 5) is 38.2. The summed E-state index contributed by atoms with van der Waals surface area (Å²) in [5.74, 6) is 0.837. The zero-order chi connectivity index (χ0) is 19.5. The minimum atomic E-state index is -0.514. The van der Waals surface area contributed by atoms with Crippen molar-refractivity contribution in [1.82, 2.24) is 0 Å². The first-order valence-electron chi connectivity index (χ1n) is 10.3. The molecule has 7 heteroatoms. The number of esters is 1. The Balaban J connectivity index is 1.23. The van der Waals surface area contributed by atoms with Crippen molar-refractivity contribution in [2.75, 3.05) is 11.9 Å². The lowest BCUT2D eigenvalue weighted by molar-refractivity contribution is -0.172. The van der Waals surface area contributed by atoms with E-state index in [1.54, 1.807) is 0 Å². The molecule has 150 valence electrons. The number of aryl methyl sites for hydroxylation is 1. The Bertz CT molecular complexity index is 824. The molecule has 1 aromatic heterocycles. The molecule has 4 bridgehead atoms. The Morgan fingerprint density at radius 2 is 1.71 bits per heavy atom. The van der Waals surface area contributed by atoms with Crippen LogP contribution < -0.4 is 11.1 Å². The molecular weight excluding hydrogens is 376 g/mol. The zero-order valence-electron chi connectivity index (χ0n) is 15.9. The summed E-state index contributed by atoms with van der Waals surface area (Å²) in [6.07, 6.45) is 9.27. The monoisotopic (exact) mass is 402 g/mol. The van der Waals surface area contributed by atoms with E-state index in [1.807, 2.05) is 0 Å². The lowest BCUT2D eigenvalue weighted by Crippen LogP contribution is -2.50. The third-order valence-corrected chi connectivity index (χ3v) is 8.43. The van der Waals surface area contributed by atoms with Gasteiger partial charge in [0.05, 0.1) is 11.0 Å². The van der Waals surface area contributed by atoms with Crippen LogP contribution in [0.5, 0.6) is 0 Å². The summed E-state index contributed by atoms with van der Waals surface area (Å²) in [6, 6.07) is 0. The van der Waals surface area contributed by atoms with Gasteiger partial charge in [0.1, 0.15) is 5.00 Å². The van der Waals surface area contributed by atoms with E-state index in [0.29, 0.717) is 28.3 Å². The average molecular weight is 403 g/mol. The van der Waals surface area contributed by atoms with Crippen LogP contribution in [0, 0.1) is 23.2 Å². The summed E-state index contributed by atoms with van der Waals surface area (Å²) in [6.45, 7) is -0.304. The number of carbonyl (C=O) groups is 3. The minimum absolute atomic E-state index is 0.203. The minimum Gasteiger partial charge on any atom is -0.455 e. The second-order valence-electron chi connectivity index (χ2n) is 9.25. The quantitative estimate of drug-likeness (QED) is 0.740. The lowest BCUT2D eigenvalue weighted by Gasteiger charge is -2.55. The van der Waals surface area contributed by atoms with Crippen LogP contribution in [0.25, 0.3) is 0 Å². The van der Waals surface area contributed by atoms with Crippen LogP contribution in [0.2, 0.25) is 0 Å². The van der Waals surface area contributed by atoms with Gasteiger partial charge in [0.25, 0.3) is 11.8 Å². The molecule has 3 N–H and O–H groups in total. The molecule has 28 heavy (non-hydrogen) atoms. The number of fused-ring (bicyclic) bond motifs is 1. The van der Waals surface area contributed by atoms with E-state index in [1.165, 1.54) is 30.6 Å². The summed E-state index contributed by atoms with van der Waals surface area (Å²) < 4.78 is 5.48. The predicted molar refractivity (Wildman–Crippen MR) is 105 cm³/mol. The maximum atomic E-state index is 12.9. The van der Waals surface area contributed by atoms with Crippen molar-refractivity contribution in [2.24, 2.45) is 28.9 Å². The fourth-order valence-electron chi connectivity index (χ4n) is 6.56. The van der Waals surface area contributed by atoms with Gasteiger partial charge in [-0.15, -0.1) is 11.3 Å². The Morgan fingerprint density at radius 3 is 2.32 bits per heavy atom. The largest absolute Gasteiger partial charge is 0.455 e. The van der Waals surface area contributed by atoms with Gasteiger partial charge in [-0.25, -0.2) is 0 Å². The van der Waals surface area contributed by atoms with Gasteiger partial charge >= 0.3 is 5.97 Å². The maximum Gasteiger partial charge on any atom is 0.312 e. The highest BCUT2D eigenvalue weighted by Crippen LogP contribution is 2.60. The Morgan fingerprint density at radius 1 is 1.07 bits per heavy atom. The molecule has 2 amide bonds. The molecule has 4 fully saturated rings. The Labute approximate surface area is 168 Å². The standard InChI is InChI=1S/C21H26N2O4S/c22-18(25)17-14-2-1-3-15(14)28-19(17)23-16(24)10-27-20(26)21-7-11-4-12(8-21)6-13(5-11)9-21/h11-13H,1-10H2,(H2,22,25)(H,23,24). The number of nitrogens with two attached hydrogens (primary N) is 1. The van der Waals surface area contributed by atoms with E-state index in [0.717, 1.165) is 49.0 Å². The number of anilines is 1. The van der Waals surface area contributed by atoms with Crippen LogP contribution in [0.15, 0.2) is 0 Å². The van der Waals surface area contributed by atoms with Gasteiger partial charge in [-0.1, -0.05) is 0 Å². The first-order chi connectivity index (χ1) is 13.4. The van der Waals surface area contributed by atoms with E-state index in [4.69, 9.17) is 10.5 Å². The summed E-state index contributed by atoms with van der Waals surface area (Å²) in [7, 11) is 0. The van der Waals surface area contributed by atoms with Crippen LogP contribution in [0.4, 0.5) is 5.00 Å². The van der Waals surface area contributed by atoms with Crippen LogP contribution in [0.3, 0.4) is 0 Å². The summed E-state index contributed by atoms with van der Waals surface area (Å²) in [5, 5.41) is 3.25. The molecule has 6 nitrogen and oxygen atoms in total. The third-order valence-electron chi connectivity index (χ3n) is 7.23. The Hall–Kier alpha value is -1.89. The number of amides is 2. The summed E-state index contributed by atoms with van der Waals surface area (Å²) >= 11 is 1.41. The molecule has 1 aromatic rings. The van der Waals surface area contributed by atoms with Crippen molar-refractivity contribution >= 4 is 34.1 Å². The lowest BCUT2D eigenvalue weighted by atomic mass is 9.49. The van der Waals surface area contributed by atoms with E-state index < -0.39 is 11.8 Å². The van der Waals surface area contributed by atoms with E-state index in [9.17, 15) is 14.4 Å². The molecule has 0 saturated heterocycles. The molecule has 0 aliphatic heterocycles. The molecule has 0 radical (unpaired) electrons. The number of carbonyl (C=O) groups excluding carboxylic acids is 3. The van der Waals surface area contributed by atoms with E-state index >= 15 is 0 Å². The average Bonchev–Trinajstić information content (AvgIpc) is 3.18. The fraction of sp³-hybridized carbons (Fsp3) is 0.667. The summed E-state index contributed by atoms with van der Waals surface area (Å²) in [5.41, 5.74) is 6.57. The van der Waals surface area contributed by atoms with Crippen molar-refractivity contribution < 1.29 is 19.1 Å². The second-order valence-corrected chi connectivity index (χ2v) is 10.4. The van der Waals surface area contributed by atoms with Gasteiger partial charge in [0, 0.05) is 4.88 Å². The molecule has 5 aliphatic carbocycles. The predicted octanol–water partition coefficient (Wildman–Crippen LogP) is 3.03. The van der Waals surface area contributed by atoms with Crippen LogP contribution in [-0.4, -0.2) is 24.4 Å². The molecule has 6 rings (SSSR count). The van der Waals surface area contributed by atoms with Crippen molar-refractivity contribution in [3.05, 3.63) is 16.0 Å². The number of thiophene rings is 1. The van der Waals surface area contributed by atoms with Crippen LogP contribution in [0.1, 0.15) is 65.7 Å². The van der Waals surface area contributed by atoms with Crippen molar-refractivity contribution in [3.8, 4) is 0 Å². The molecule has 4 saturated carbocycles. The van der Waals surface area contributed by atoms with E-state index in [2.05, 4.69) is 5.32 Å². The fourth-order valence-corrected chi connectivity index (χ4v) is 7.87. The molecule has 1 heterocycles. The third kappa shape index (κ3) is 2.95. The van der Waals surface area contributed by atoms with Crippen LogP contribution >= 0.6 is 11.3 Å². The second kappa shape index (κ2) is 6.58. The molecule has 0 atom stereocenters. The van der Waals surface area contributed by atoms with Gasteiger partial charge in [0.2, 0.25) is 0 Å². The first kappa shape index (κ1) is 18.2. The van der Waals surface area contributed by atoms with Gasteiger partial charge in [0.15, 0.2) is 6.61 Å². The first-order valence-corrected chi connectivity index (χ1v) is 11.2. The van der Waals surface area contributed by atoms with Gasteiger partial charge in [-0.3, -0.25) is 14.4 Å². The van der Waals surface area contributed by atoms with Crippen molar-refractivity contribution in [2.45, 2.75) is 57.8 Å². The number of hydrogen-bond acceptors (Lipinski definition) is 5. The SMILES string of the molecule is NC(=O)c1c(NC(=O)COC(=O)C23CC4CC(CC(C4)C2)C3)sc2c1CCC2. The highest BCUT2D eigenvalue weighted by molar-refractivity contribution is 7.17. The number of rotatable bonds is 5. The molecule has 0 aromatic carbocycles. The molecule has 5 aliphatic rings. The van der Waals surface area contributed by atoms with Gasteiger partial charge in [-0.05, 0) is 81.1 Å². The Kier molecular flexibility index (Phi) is 4.27.